The van der Waals surface area contributed by atoms with Crippen molar-refractivity contribution in [2.75, 3.05) is 6.61 Å². The predicted octanol–water partition coefficient (Wildman–Crippen LogP) is 2.50. The van der Waals surface area contributed by atoms with Crippen LogP contribution >= 0.6 is 0 Å². The first-order valence-electron chi connectivity index (χ1n) is 5.92. The van der Waals surface area contributed by atoms with Crippen LogP contribution in [0, 0.1) is 5.82 Å². The van der Waals surface area contributed by atoms with Crippen LogP contribution < -0.4 is 11.3 Å². The SMILES string of the molecule is CCOC(C)C(NN)c1cc2cc(F)ccc2o1. The predicted molar refractivity (Wildman–Crippen MR) is 67.3 cm³/mol. The fourth-order valence-electron chi connectivity index (χ4n) is 2.00. The largest absolute Gasteiger partial charge is 0.459 e. The van der Waals surface area contributed by atoms with Crippen LogP contribution in [0.1, 0.15) is 25.6 Å². The molecule has 0 fully saturated rings. The number of rotatable bonds is 5. The number of nitrogens with two attached hydrogens (primary N) is 1. The number of furan rings is 1. The smallest absolute Gasteiger partial charge is 0.134 e. The topological polar surface area (TPSA) is 60.4 Å². The van der Waals surface area contributed by atoms with Gasteiger partial charge in [0.2, 0.25) is 0 Å². The highest BCUT2D eigenvalue weighted by molar-refractivity contribution is 5.78. The van der Waals surface area contributed by atoms with Crippen LogP contribution in [0.5, 0.6) is 0 Å². The summed E-state index contributed by atoms with van der Waals surface area (Å²) in [5, 5.41) is 0.717. The molecule has 1 heterocycles. The molecular weight excluding hydrogens is 235 g/mol. The third-order valence-corrected chi connectivity index (χ3v) is 2.88. The lowest BCUT2D eigenvalue weighted by molar-refractivity contribution is 0.0418. The summed E-state index contributed by atoms with van der Waals surface area (Å²) < 4.78 is 24.2. The molecule has 0 aliphatic carbocycles. The van der Waals surface area contributed by atoms with Gasteiger partial charge in [-0.2, -0.15) is 0 Å². The van der Waals surface area contributed by atoms with Gasteiger partial charge < -0.3 is 9.15 Å². The fraction of sp³-hybridized carbons (Fsp3) is 0.385. The van der Waals surface area contributed by atoms with E-state index in [4.69, 9.17) is 15.0 Å². The van der Waals surface area contributed by atoms with Crippen molar-refractivity contribution in [1.29, 1.82) is 0 Å². The van der Waals surface area contributed by atoms with Crippen molar-refractivity contribution in [3.8, 4) is 0 Å². The summed E-state index contributed by atoms with van der Waals surface area (Å²) in [6.45, 7) is 4.41. The molecule has 0 aliphatic heterocycles. The zero-order valence-electron chi connectivity index (χ0n) is 10.4. The van der Waals surface area contributed by atoms with Crippen LogP contribution in [-0.4, -0.2) is 12.7 Å². The van der Waals surface area contributed by atoms with Crippen molar-refractivity contribution < 1.29 is 13.5 Å². The Balaban J connectivity index is 2.33. The number of nitrogens with one attached hydrogen (secondary N) is 1. The normalized spacial score (nSPS) is 14.9. The van der Waals surface area contributed by atoms with E-state index in [2.05, 4.69) is 5.43 Å². The van der Waals surface area contributed by atoms with E-state index in [1.807, 2.05) is 13.8 Å². The summed E-state index contributed by atoms with van der Waals surface area (Å²) in [5.74, 6) is 5.87. The van der Waals surface area contributed by atoms with Gasteiger partial charge in [-0.1, -0.05) is 0 Å². The minimum Gasteiger partial charge on any atom is -0.459 e. The number of fused-ring (bicyclic) bond motifs is 1. The second-order valence-corrected chi connectivity index (χ2v) is 4.14. The second kappa shape index (κ2) is 5.48. The summed E-state index contributed by atoms with van der Waals surface area (Å²) in [4.78, 5) is 0. The second-order valence-electron chi connectivity index (χ2n) is 4.14. The van der Waals surface area contributed by atoms with Gasteiger partial charge in [0.1, 0.15) is 23.2 Å². The highest BCUT2D eigenvalue weighted by Crippen LogP contribution is 2.26. The van der Waals surface area contributed by atoms with Crippen molar-refractivity contribution in [2.24, 2.45) is 5.84 Å². The summed E-state index contributed by atoms with van der Waals surface area (Å²) in [5.41, 5.74) is 3.30. The van der Waals surface area contributed by atoms with Gasteiger partial charge in [0.15, 0.2) is 0 Å². The minimum atomic E-state index is -0.287. The number of hydrazine groups is 1. The monoisotopic (exact) mass is 252 g/mol. The number of halogens is 1. The Morgan fingerprint density at radius 3 is 2.89 bits per heavy atom. The Morgan fingerprint density at radius 1 is 1.44 bits per heavy atom. The van der Waals surface area contributed by atoms with Crippen molar-refractivity contribution in [3.05, 3.63) is 35.8 Å². The van der Waals surface area contributed by atoms with Crippen molar-refractivity contribution >= 4 is 11.0 Å². The molecule has 0 saturated carbocycles. The van der Waals surface area contributed by atoms with E-state index in [1.165, 1.54) is 12.1 Å². The van der Waals surface area contributed by atoms with Gasteiger partial charge in [-0.3, -0.25) is 5.84 Å². The fourth-order valence-corrected chi connectivity index (χ4v) is 2.00. The van der Waals surface area contributed by atoms with Gasteiger partial charge >= 0.3 is 0 Å². The maximum absolute atomic E-state index is 13.1. The van der Waals surface area contributed by atoms with Crippen LogP contribution in [0.2, 0.25) is 0 Å². The molecule has 0 saturated heterocycles. The zero-order chi connectivity index (χ0) is 13.1. The van der Waals surface area contributed by atoms with Crippen LogP contribution in [0.4, 0.5) is 4.39 Å². The lowest BCUT2D eigenvalue weighted by Crippen LogP contribution is -2.36. The van der Waals surface area contributed by atoms with E-state index in [0.717, 1.165) is 0 Å². The van der Waals surface area contributed by atoms with Crippen molar-refractivity contribution in [2.45, 2.75) is 26.0 Å². The average Bonchev–Trinajstić information content (AvgIpc) is 2.72. The molecule has 2 unspecified atom stereocenters. The van der Waals surface area contributed by atoms with Gasteiger partial charge in [0.05, 0.1) is 6.10 Å². The van der Waals surface area contributed by atoms with Gasteiger partial charge in [0, 0.05) is 12.0 Å². The summed E-state index contributed by atoms with van der Waals surface area (Å²) in [6.07, 6.45) is -0.134. The Morgan fingerprint density at radius 2 is 2.22 bits per heavy atom. The van der Waals surface area contributed by atoms with Gasteiger partial charge in [-0.15, -0.1) is 0 Å². The standard InChI is InChI=1S/C13H17FN2O2/c1-3-17-8(2)13(16-15)12-7-9-6-10(14)4-5-11(9)18-12/h4-8,13,16H,3,15H2,1-2H3. The molecule has 0 amide bonds. The van der Waals surface area contributed by atoms with Crippen LogP contribution in [-0.2, 0) is 4.74 Å². The molecule has 18 heavy (non-hydrogen) atoms. The van der Waals surface area contributed by atoms with E-state index < -0.39 is 0 Å². The summed E-state index contributed by atoms with van der Waals surface area (Å²) >= 11 is 0. The highest BCUT2D eigenvalue weighted by Gasteiger charge is 2.22. The molecule has 98 valence electrons. The Labute approximate surface area is 105 Å². The van der Waals surface area contributed by atoms with Gasteiger partial charge in [-0.05, 0) is 38.1 Å². The van der Waals surface area contributed by atoms with E-state index in [0.29, 0.717) is 23.3 Å². The first-order chi connectivity index (χ1) is 8.65. The van der Waals surface area contributed by atoms with E-state index in [9.17, 15) is 4.39 Å². The molecule has 4 nitrogen and oxygen atoms in total. The lowest BCUT2D eigenvalue weighted by atomic mass is 10.1. The van der Waals surface area contributed by atoms with E-state index in [-0.39, 0.29) is 18.0 Å². The Bertz CT molecular complexity index is 527. The minimum absolute atomic E-state index is 0.134. The van der Waals surface area contributed by atoms with Crippen LogP contribution in [0.3, 0.4) is 0 Å². The molecule has 1 aromatic heterocycles. The average molecular weight is 252 g/mol. The number of benzene rings is 1. The quantitative estimate of drug-likeness (QED) is 0.634. The molecule has 2 atom stereocenters. The van der Waals surface area contributed by atoms with E-state index >= 15 is 0 Å². The lowest BCUT2D eigenvalue weighted by Gasteiger charge is -2.20. The zero-order valence-corrected chi connectivity index (χ0v) is 10.4. The molecule has 3 N–H and O–H groups in total. The van der Waals surface area contributed by atoms with Crippen LogP contribution in [0.25, 0.3) is 11.0 Å². The molecule has 0 radical (unpaired) electrons. The third-order valence-electron chi connectivity index (χ3n) is 2.88. The summed E-state index contributed by atoms with van der Waals surface area (Å²) in [7, 11) is 0. The van der Waals surface area contributed by atoms with Crippen molar-refractivity contribution in [3.63, 3.8) is 0 Å². The maximum atomic E-state index is 13.1. The first kappa shape index (κ1) is 13.0. The van der Waals surface area contributed by atoms with Gasteiger partial charge in [0.25, 0.3) is 0 Å². The molecule has 2 rings (SSSR count). The maximum Gasteiger partial charge on any atom is 0.134 e. The molecule has 2 aromatic rings. The third kappa shape index (κ3) is 2.53. The highest BCUT2D eigenvalue weighted by atomic mass is 19.1. The Hall–Kier alpha value is -1.43. The summed E-state index contributed by atoms with van der Waals surface area (Å²) in [6, 6.07) is 5.92. The first-order valence-corrected chi connectivity index (χ1v) is 5.92. The van der Waals surface area contributed by atoms with Crippen LogP contribution in [0.15, 0.2) is 28.7 Å². The number of hydrogen-bond acceptors (Lipinski definition) is 4. The van der Waals surface area contributed by atoms with Gasteiger partial charge in [-0.25, -0.2) is 9.82 Å². The molecule has 0 spiro atoms. The molecule has 0 bridgehead atoms. The number of ether oxygens (including phenoxy) is 1. The molecule has 5 heteroatoms. The molecular formula is C13H17FN2O2. The van der Waals surface area contributed by atoms with Crippen molar-refractivity contribution in [1.82, 2.24) is 5.43 Å². The molecule has 1 aromatic carbocycles. The molecule has 0 aliphatic rings. The van der Waals surface area contributed by atoms with E-state index in [1.54, 1.807) is 12.1 Å². The Kier molecular flexibility index (Phi) is 3.96. The number of hydrogen-bond donors (Lipinski definition) is 2.